The second-order valence-electron chi connectivity index (χ2n) is 7.85. The van der Waals surface area contributed by atoms with Crippen LogP contribution >= 0.6 is 0 Å². The zero-order chi connectivity index (χ0) is 20.6. The Balaban J connectivity index is 1.80. The number of sulfonamides is 1. The van der Waals surface area contributed by atoms with Gasteiger partial charge in [0.1, 0.15) is 0 Å². The van der Waals surface area contributed by atoms with Crippen LogP contribution in [0.2, 0.25) is 0 Å². The van der Waals surface area contributed by atoms with Gasteiger partial charge in [-0.1, -0.05) is 6.92 Å². The van der Waals surface area contributed by atoms with Gasteiger partial charge >= 0.3 is 0 Å². The van der Waals surface area contributed by atoms with Crippen molar-refractivity contribution in [1.29, 1.82) is 0 Å². The summed E-state index contributed by atoms with van der Waals surface area (Å²) >= 11 is 0. The van der Waals surface area contributed by atoms with Crippen LogP contribution in [0.5, 0.6) is 0 Å². The predicted molar refractivity (Wildman–Crippen MR) is 114 cm³/mol. The number of aliphatic imine (C=N–C) groups is 1. The molecule has 2 aliphatic rings. The van der Waals surface area contributed by atoms with Gasteiger partial charge in [0, 0.05) is 45.8 Å². The van der Waals surface area contributed by atoms with Crippen molar-refractivity contribution < 1.29 is 13.2 Å². The maximum absolute atomic E-state index is 12.5. The molecular formula is C19H39N5O3S. The van der Waals surface area contributed by atoms with Crippen LogP contribution in [0.25, 0.3) is 0 Å². The number of nitrogens with zero attached hydrogens (tertiary/aromatic N) is 4. The number of guanidine groups is 1. The molecule has 28 heavy (non-hydrogen) atoms. The molecule has 0 aromatic carbocycles. The lowest BCUT2D eigenvalue weighted by Crippen LogP contribution is -2.55. The van der Waals surface area contributed by atoms with E-state index in [1.807, 2.05) is 13.8 Å². The van der Waals surface area contributed by atoms with E-state index in [9.17, 15) is 8.42 Å². The molecule has 0 radical (unpaired) electrons. The summed E-state index contributed by atoms with van der Waals surface area (Å²) in [5, 5.41) is 3.51. The number of ether oxygens (including phenoxy) is 1. The van der Waals surface area contributed by atoms with Gasteiger partial charge in [0.2, 0.25) is 10.0 Å². The first-order valence-electron chi connectivity index (χ1n) is 10.7. The molecule has 0 spiro atoms. The van der Waals surface area contributed by atoms with Crippen molar-refractivity contribution in [2.45, 2.75) is 52.2 Å². The van der Waals surface area contributed by atoms with Crippen molar-refractivity contribution in [3.8, 4) is 0 Å². The molecule has 0 aliphatic carbocycles. The first-order valence-corrected chi connectivity index (χ1v) is 12.3. The standard InChI is InChI=1S/C19H39N5O3S/c1-5-18(22-8-6-7-9-22)16-21-19(20-4)23-10-12-24(13-11-23)28(25,26)15-14-27-17(2)3/h17-18H,5-16H2,1-4H3,(H,20,21). The van der Waals surface area contributed by atoms with Crippen molar-refractivity contribution in [1.82, 2.24) is 19.4 Å². The Kier molecular flexibility index (Phi) is 9.46. The molecule has 2 rings (SSSR count). The van der Waals surface area contributed by atoms with Crippen LogP contribution in [-0.2, 0) is 14.8 Å². The van der Waals surface area contributed by atoms with Crippen LogP contribution in [0.3, 0.4) is 0 Å². The molecule has 2 fully saturated rings. The van der Waals surface area contributed by atoms with Crippen molar-refractivity contribution in [2.24, 2.45) is 4.99 Å². The zero-order valence-electron chi connectivity index (χ0n) is 18.1. The topological polar surface area (TPSA) is 77.5 Å². The molecule has 8 nitrogen and oxygen atoms in total. The summed E-state index contributed by atoms with van der Waals surface area (Å²) in [6.07, 6.45) is 3.76. The minimum atomic E-state index is -3.26. The lowest BCUT2D eigenvalue weighted by molar-refractivity contribution is 0.0904. The van der Waals surface area contributed by atoms with Crippen LogP contribution in [0, 0.1) is 0 Å². The van der Waals surface area contributed by atoms with Gasteiger partial charge < -0.3 is 15.0 Å². The highest BCUT2D eigenvalue weighted by molar-refractivity contribution is 7.89. The number of hydrogen-bond acceptors (Lipinski definition) is 5. The minimum Gasteiger partial charge on any atom is -0.378 e. The van der Waals surface area contributed by atoms with Crippen LogP contribution in [-0.4, -0.2) is 106 Å². The van der Waals surface area contributed by atoms with E-state index in [2.05, 4.69) is 27.0 Å². The molecule has 1 atom stereocenters. The number of hydrogen-bond donors (Lipinski definition) is 1. The summed E-state index contributed by atoms with van der Waals surface area (Å²) in [5.74, 6) is 0.921. The number of rotatable bonds is 9. The second kappa shape index (κ2) is 11.3. The Labute approximate surface area is 171 Å². The first kappa shape index (κ1) is 23.4. The molecular weight excluding hydrogens is 378 g/mol. The fourth-order valence-corrected chi connectivity index (χ4v) is 5.16. The van der Waals surface area contributed by atoms with E-state index in [4.69, 9.17) is 4.74 Å². The monoisotopic (exact) mass is 417 g/mol. The van der Waals surface area contributed by atoms with Gasteiger partial charge in [-0.2, -0.15) is 4.31 Å². The van der Waals surface area contributed by atoms with E-state index >= 15 is 0 Å². The molecule has 2 aliphatic heterocycles. The fourth-order valence-electron chi connectivity index (χ4n) is 3.88. The van der Waals surface area contributed by atoms with Crippen molar-refractivity contribution in [2.75, 3.05) is 65.2 Å². The van der Waals surface area contributed by atoms with Crippen LogP contribution < -0.4 is 5.32 Å². The third-order valence-electron chi connectivity index (χ3n) is 5.56. The van der Waals surface area contributed by atoms with Gasteiger partial charge in [-0.3, -0.25) is 9.89 Å². The molecule has 2 heterocycles. The van der Waals surface area contributed by atoms with Crippen molar-refractivity contribution in [3.63, 3.8) is 0 Å². The van der Waals surface area contributed by atoms with Crippen LogP contribution in [0.15, 0.2) is 4.99 Å². The normalized spacial score (nSPS) is 21.5. The zero-order valence-corrected chi connectivity index (χ0v) is 18.9. The van der Waals surface area contributed by atoms with Gasteiger partial charge in [-0.15, -0.1) is 0 Å². The lowest BCUT2D eigenvalue weighted by atomic mass is 10.2. The average molecular weight is 418 g/mol. The molecule has 1 unspecified atom stereocenters. The number of likely N-dealkylation sites (tertiary alicyclic amines) is 1. The maximum Gasteiger partial charge on any atom is 0.216 e. The summed E-state index contributed by atoms with van der Waals surface area (Å²) in [6.45, 7) is 11.9. The Morgan fingerprint density at radius 2 is 1.75 bits per heavy atom. The molecule has 164 valence electrons. The van der Waals surface area contributed by atoms with Gasteiger partial charge in [-0.05, 0) is 46.2 Å². The minimum absolute atomic E-state index is 0.0478. The maximum atomic E-state index is 12.5. The SMILES string of the molecule is CCC(CNC(=NC)N1CCN(S(=O)(=O)CCOC(C)C)CC1)N1CCCC1. The van der Waals surface area contributed by atoms with E-state index in [1.54, 1.807) is 11.4 Å². The molecule has 2 saturated heterocycles. The smallest absolute Gasteiger partial charge is 0.216 e. The third kappa shape index (κ3) is 6.86. The van der Waals surface area contributed by atoms with Crippen LogP contribution in [0.1, 0.15) is 40.0 Å². The van der Waals surface area contributed by atoms with Gasteiger partial charge in [-0.25, -0.2) is 8.42 Å². The van der Waals surface area contributed by atoms with E-state index in [0.29, 0.717) is 32.2 Å². The van der Waals surface area contributed by atoms with Crippen molar-refractivity contribution >= 4 is 16.0 Å². The summed E-state index contributed by atoms with van der Waals surface area (Å²) in [7, 11) is -1.46. The highest BCUT2D eigenvalue weighted by atomic mass is 32.2. The van der Waals surface area contributed by atoms with Crippen molar-refractivity contribution in [3.05, 3.63) is 0 Å². The van der Waals surface area contributed by atoms with E-state index in [1.165, 1.54) is 25.9 Å². The molecule has 0 aromatic rings. The summed E-state index contributed by atoms with van der Waals surface area (Å²) in [5.41, 5.74) is 0. The fraction of sp³-hybridized carbons (Fsp3) is 0.947. The van der Waals surface area contributed by atoms with Gasteiger partial charge in [0.15, 0.2) is 5.96 Å². The molecule has 0 bridgehead atoms. The number of piperazine rings is 1. The Morgan fingerprint density at radius 3 is 2.29 bits per heavy atom. The highest BCUT2D eigenvalue weighted by Gasteiger charge is 2.28. The van der Waals surface area contributed by atoms with Crippen LogP contribution in [0.4, 0.5) is 0 Å². The Morgan fingerprint density at radius 1 is 1.11 bits per heavy atom. The summed E-state index contributed by atoms with van der Waals surface area (Å²) < 4.78 is 32.0. The largest absolute Gasteiger partial charge is 0.378 e. The van der Waals surface area contributed by atoms with E-state index in [0.717, 1.165) is 18.9 Å². The van der Waals surface area contributed by atoms with E-state index in [-0.39, 0.29) is 18.5 Å². The van der Waals surface area contributed by atoms with E-state index < -0.39 is 10.0 Å². The molecule has 0 saturated carbocycles. The predicted octanol–water partition coefficient (Wildman–Crippen LogP) is 0.809. The second-order valence-corrected chi connectivity index (χ2v) is 9.94. The molecule has 1 N–H and O–H groups in total. The Bertz CT molecular complexity index is 582. The first-order chi connectivity index (χ1) is 13.4. The molecule has 9 heteroatoms. The number of nitrogens with one attached hydrogen (secondary N) is 1. The lowest BCUT2D eigenvalue weighted by Gasteiger charge is -2.36. The summed E-state index contributed by atoms with van der Waals surface area (Å²) in [6, 6.07) is 0.530. The summed E-state index contributed by atoms with van der Waals surface area (Å²) in [4.78, 5) is 9.15. The molecule has 0 amide bonds. The van der Waals surface area contributed by atoms with Gasteiger partial charge in [0.25, 0.3) is 0 Å². The Hall–Kier alpha value is -0.900. The highest BCUT2D eigenvalue weighted by Crippen LogP contribution is 2.14. The average Bonchev–Trinajstić information content (AvgIpc) is 3.19. The third-order valence-corrected chi connectivity index (χ3v) is 7.39. The molecule has 0 aromatic heterocycles. The van der Waals surface area contributed by atoms with Gasteiger partial charge in [0.05, 0.1) is 18.5 Å². The quantitative estimate of drug-likeness (QED) is 0.442.